The SMILES string of the molecule is CC1(C)CCC(c2ccc(Cl)cc2)=C(CCl)C1. The number of alkyl halides is 1. The Morgan fingerprint density at radius 3 is 2.41 bits per heavy atom. The maximum absolute atomic E-state index is 6.10. The highest BCUT2D eigenvalue weighted by atomic mass is 35.5. The van der Waals surface area contributed by atoms with Gasteiger partial charge in [0.25, 0.3) is 0 Å². The zero-order chi connectivity index (χ0) is 12.5. The van der Waals surface area contributed by atoms with E-state index in [1.54, 1.807) is 0 Å². The fourth-order valence-corrected chi connectivity index (χ4v) is 2.92. The first-order valence-corrected chi connectivity index (χ1v) is 6.96. The van der Waals surface area contributed by atoms with E-state index >= 15 is 0 Å². The number of rotatable bonds is 2. The van der Waals surface area contributed by atoms with E-state index in [1.807, 2.05) is 12.1 Å². The van der Waals surface area contributed by atoms with Gasteiger partial charge in [-0.15, -0.1) is 11.6 Å². The number of hydrogen-bond acceptors (Lipinski definition) is 0. The third-order valence-corrected chi connectivity index (χ3v) is 4.10. The Kier molecular flexibility index (Phi) is 3.85. The second kappa shape index (κ2) is 5.04. The predicted octanol–water partition coefficient (Wildman–Crippen LogP) is 5.54. The number of allylic oxidation sites excluding steroid dienone is 2. The summed E-state index contributed by atoms with van der Waals surface area (Å²) in [6, 6.07) is 8.11. The second-order valence-electron chi connectivity index (χ2n) is 5.56. The molecule has 0 bridgehead atoms. The fourth-order valence-electron chi connectivity index (χ4n) is 2.54. The number of hydrogen-bond donors (Lipinski definition) is 0. The quantitative estimate of drug-likeness (QED) is 0.618. The summed E-state index contributed by atoms with van der Waals surface area (Å²) in [5, 5.41) is 0.790. The van der Waals surface area contributed by atoms with Crippen LogP contribution in [-0.4, -0.2) is 5.88 Å². The van der Waals surface area contributed by atoms with Crippen molar-refractivity contribution in [1.29, 1.82) is 0 Å². The van der Waals surface area contributed by atoms with Gasteiger partial charge >= 0.3 is 0 Å². The van der Waals surface area contributed by atoms with Crippen LogP contribution >= 0.6 is 23.2 Å². The van der Waals surface area contributed by atoms with Gasteiger partial charge in [-0.3, -0.25) is 0 Å². The molecule has 2 heteroatoms. The van der Waals surface area contributed by atoms with Crippen LogP contribution < -0.4 is 0 Å². The van der Waals surface area contributed by atoms with Crippen LogP contribution in [0.3, 0.4) is 0 Å². The molecule has 0 nitrogen and oxygen atoms in total. The minimum atomic E-state index is 0.389. The van der Waals surface area contributed by atoms with Gasteiger partial charge in [0.1, 0.15) is 0 Å². The second-order valence-corrected chi connectivity index (χ2v) is 6.27. The van der Waals surface area contributed by atoms with Crippen LogP contribution in [-0.2, 0) is 0 Å². The van der Waals surface area contributed by atoms with Crippen molar-refractivity contribution in [2.75, 3.05) is 5.88 Å². The Hall–Kier alpha value is -0.460. The summed E-state index contributed by atoms with van der Waals surface area (Å²) < 4.78 is 0. The van der Waals surface area contributed by atoms with Gasteiger partial charge in [0.05, 0.1) is 0 Å². The van der Waals surface area contributed by atoms with Crippen LogP contribution in [0.2, 0.25) is 5.02 Å². The molecule has 0 atom stereocenters. The molecule has 0 fully saturated rings. The fraction of sp³-hybridized carbons (Fsp3) is 0.467. The van der Waals surface area contributed by atoms with Crippen molar-refractivity contribution >= 4 is 28.8 Å². The van der Waals surface area contributed by atoms with Crippen LogP contribution in [0, 0.1) is 5.41 Å². The lowest BCUT2D eigenvalue weighted by molar-refractivity contribution is 0.325. The van der Waals surface area contributed by atoms with Gasteiger partial charge in [0.15, 0.2) is 0 Å². The first-order chi connectivity index (χ1) is 8.02. The van der Waals surface area contributed by atoms with Gasteiger partial charge in [-0.1, -0.05) is 43.2 Å². The molecule has 0 radical (unpaired) electrons. The summed E-state index contributed by atoms with van der Waals surface area (Å²) in [4.78, 5) is 0. The Bertz CT molecular complexity index is 427. The topological polar surface area (TPSA) is 0 Å². The summed E-state index contributed by atoms with van der Waals surface area (Å²) in [5.41, 5.74) is 4.49. The molecular formula is C15H18Cl2. The lowest BCUT2D eigenvalue weighted by Crippen LogP contribution is -2.18. The summed E-state index contributed by atoms with van der Waals surface area (Å²) in [6.07, 6.45) is 3.45. The molecule has 1 aromatic carbocycles. The largest absolute Gasteiger partial charge is 0.122 e. The van der Waals surface area contributed by atoms with E-state index in [4.69, 9.17) is 23.2 Å². The molecular weight excluding hydrogens is 251 g/mol. The molecule has 2 rings (SSSR count). The molecule has 0 amide bonds. The van der Waals surface area contributed by atoms with Crippen LogP contribution in [0.4, 0.5) is 0 Å². The lowest BCUT2D eigenvalue weighted by Gasteiger charge is -2.33. The molecule has 1 aromatic rings. The standard InChI is InChI=1S/C15H18Cl2/c1-15(2)8-7-14(12(9-15)10-16)11-3-5-13(17)6-4-11/h3-6H,7-10H2,1-2H3. The zero-order valence-corrected chi connectivity index (χ0v) is 11.9. The van der Waals surface area contributed by atoms with Crippen molar-refractivity contribution in [2.45, 2.75) is 33.1 Å². The third-order valence-electron chi connectivity index (χ3n) is 3.52. The first-order valence-electron chi connectivity index (χ1n) is 6.05. The molecule has 17 heavy (non-hydrogen) atoms. The average molecular weight is 269 g/mol. The molecule has 92 valence electrons. The normalized spacial score (nSPS) is 19.5. The van der Waals surface area contributed by atoms with Gasteiger partial charge in [0, 0.05) is 10.9 Å². The van der Waals surface area contributed by atoms with Crippen LogP contribution in [0.15, 0.2) is 29.8 Å². The Morgan fingerprint density at radius 2 is 1.82 bits per heavy atom. The summed E-state index contributed by atoms with van der Waals surface area (Å²) in [5.74, 6) is 0.640. The van der Waals surface area contributed by atoms with Gasteiger partial charge in [-0.2, -0.15) is 0 Å². The van der Waals surface area contributed by atoms with Crippen molar-refractivity contribution in [1.82, 2.24) is 0 Å². The van der Waals surface area contributed by atoms with Crippen molar-refractivity contribution in [3.8, 4) is 0 Å². The molecule has 0 spiro atoms. The highest BCUT2D eigenvalue weighted by molar-refractivity contribution is 6.30. The van der Waals surface area contributed by atoms with E-state index in [0.717, 1.165) is 17.9 Å². The van der Waals surface area contributed by atoms with Crippen LogP contribution in [0.1, 0.15) is 38.7 Å². The summed E-state index contributed by atoms with van der Waals surface area (Å²) >= 11 is 12.0. The molecule has 0 N–H and O–H groups in total. The predicted molar refractivity (Wildman–Crippen MR) is 76.7 cm³/mol. The molecule has 0 aliphatic heterocycles. The molecule has 0 saturated carbocycles. The minimum absolute atomic E-state index is 0.389. The Morgan fingerprint density at radius 1 is 1.18 bits per heavy atom. The van der Waals surface area contributed by atoms with E-state index in [0.29, 0.717) is 11.3 Å². The van der Waals surface area contributed by atoms with E-state index in [-0.39, 0.29) is 0 Å². The van der Waals surface area contributed by atoms with Crippen molar-refractivity contribution in [2.24, 2.45) is 5.41 Å². The molecule has 1 aliphatic rings. The van der Waals surface area contributed by atoms with Gasteiger partial charge in [-0.05, 0) is 47.9 Å². The zero-order valence-electron chi connectivity index (χ0n) is 10.4. The van der Waals surface area contributed by atoms with Crippen molar-refractivity contribution < 1.29 is 0 Å². The van der Waals surface area contributed by atoms with E-state index in [2.05, 4.69) is 26.0 Å². The smallest absolute Gasteiger partial charge is 0.0439 e. The molecule has 0 unspecified atom stereocenters. The van der Waals surface area contributed by atoms with Crippen molar-refractivity contribution in [3.05, 3.63) is 40.4 Å². The monoisotopic (exact) mass is 268 g/mol. The summed E-state index contributed by atoms with van der Waals surface area (Å²) in [7, 11) is 0. The van der Waals surface area contributed by atoms with E-state index in [1.165, 1.54) is 23.1 Å². The van der Waals surface area contributed by atoms with E-state index in [9.17, 15) is 0 Å². The first kappa shape index (κ1) is 13.0. The van der Waals surface area contributed by atoms with Crippen LogP contribution in [0.25, 0.3) is 5.57 Å². The molecule has 0 heterocycles. The van der Waals surface area contributed by atoms with Crippen molar-refractivity contribution in [3.63, 3.8) is 0 Å². The maximum Gasteiger partial charge on any atom is 0.0439 e. The summed E-state index contributed by atoms with van der Waals surface area (Å²) in [6.45, 7) is 4.64. The molecule has 1 aliphatic carbocycles. The highest BCUT2D eigenvalue weighted by Crippen LogP contribution is 2.42. The van der Waals surface area contributed by atoms with Crippen LogP contribution in [0.5, 0.6) is 0 Å². The van der Waals surface area contributed by atoms with Gasteiger partial charge in [-0.25, -0.2) is 0 Å². The van der Waals surface area contributed by atoms with Gasteiger partial charge < -0.3 is 0 Å². The van der Waals surface area contributed by atoms with E-state index < -0.39 is 0 Å². The highest BCUT2D eigenvalue weighted by Gasteiger charge is 2.26. The molecule has 0 saturated heterocycles. The number of halogens is 2. The average Bonchev–Trinajstić information content (AvgIpc) is 2.29. The Labute approximate surface area is 114 Å². The van der Waals surface area contributed by atoms with Gasteiger partial charge in [0.2, 0.25) is 0 Å². The number of benzene rings is 1. The minimum Gasteiger partial charge on any atom is -0.122 e. The lowest BCUT2D eigenvalue weighted by atomic mass is 9.73. The maximum atomic E-state index is 6.10. The third kappa shape index (κ3) is 3.05. The molecule has 0 aromatic heterocycles. The Balaban J connectivity index is 2.36.